The van der Waals surface area contributed by atoms with Crippen molar-refractivity contribution >= 4 is 11.8 Å². The van der Waals surface area contributed by atoms with E-state index in [0.717, 1.165) is 28.4 Å². The second-order valence-electron chi connectivity index (χ2n) is 5.44. The van der Waals surface area contributed by atoms with Crippen LogP contribution in [0.15, 0.2) is 0 Å². The largest absolute Gasteiger partial charge is 0.316 e. The minimum absolute atomic E-state index is 0.743. The zero-order valence-electron chi connectivity index (χ0n) is 10.9. The number of hydrogen-bond acceptors (Lipinski definition) is 2. The SMILES string of the molecule is CNC1CCC(C)CC1SC(C)C(C)C. The molecule has 1 fully saturated rings. The van der Waals surface area contributed by atoms with Crippen LogP contribution < -0.4 is 5.32 Å². The molecule has 0 aromatic heterocycles. The summed E-state index contributed by atoms with van der Waals surface area (Å²) in [6.45, 7) is 9.44. The van der Waals surface area contributed by atoms with E-state index in [-0.39, 0.29) is 0 Å². The summed E-state index contributed by atoms with van der Waals surface area (Å²) in [5.74, 6) is 1.72. The van der Waals surface area contributed by atoms with Gasteiger partial charge < -0.3 is 5.32 Å². The molecule has 0 spiro atoms. The van der Waals surface area contributed by atoms with Crippen molar-refractivity contribution in [3.05, 3.63) is 0 Å². The maximum Gasteiger partial charge on any atom is 0.0206 e. The minimum atomic E-state index is 0.743. The van der Waals surface area contributed by atoms with Crippen LogP contribution in [-0.2, 0) is 0 Å². The molecule has 0 aromatic rings. The average Bonchev–Trinajstić information content (AvgIpc) is 2.18. The van der Waals surface area contributed by atoms with Crippen molar-refractivity contribution in [2.75, 3.05) is 7.05 Å². The molecule has 0 aliphatic heterocycles. The normalized spacial score (nSPS) is 34.4. The Bertz CT molecular complexity index is 181. The second kappa shape index (κ2) is 6.15. The molecule has 4 atom stereocenters. The minimum Gasteiger partial charge on any atom is -0.316 e. The maximum atomic E-state index is 3.50. The Kier molecular flexibility index (Phi) is 5.48. The van der Waals surface area contributed by atoms with Crippen molar-refractivity contribution < 1.29 is 0 Å². The molecule has 1 N–H and O–H groups in total. The highest BCUT2D eigenvalue weighted by Gasteiger charge is 2.29. The summed E-state index contributed by atoms with van der Waals surface area (Å²) in [5.41, 5.74) is 0. The van der Waals surface area contributed by atoms with E-state index in [4.69, 9.17) is 0 Å². The first-order valence-corrected chi connectivity index (χ1v) is 7.31. The molecule has 90 valence electrons. The van der Waals surface area contributed by atoms with Crippen LogP contribution in [0.2, 0.25) is 0 Å². The van der Waals surface area contributed by atoms with Gasteiger partial charge in [-0.25, -0.2) is 0 Å². The van der Waals surface area contributed by atoms with Crippen LogP contribution in [0, 0.1) is 11.8 Å². The van der Waals surface area contributed by atoms with Gasteiger partial charge in [0.05, 0.1) is 0 Å². The fourth-order valence-corrected chi connectivity index (χ4v) is 4.01. The molecule has 1 nitrogen and oxygen atoms in total. The van der Waals surface area contributed by atoms with Crippen LogP contribution in [0.1, 0.15) is 47.0 Å². The molecule has 2 heteroatoms. The number of thioether (sulfide) groups is 1. The summed E-state index contributed by atoms with van der Waals surface area (Å²) in [5, 5.41) is 5.12. The quantitative estimate of drug-likeness (QED) is 0.791. The van der Waals surface area contributed by atoms with Gasteiger partial charge in [-0.2, -0.15) is 11.8 Å². The van der Waals surface area contributed by atoms with Crippen LogP contribution in [0.25, 0.3) is 0 Å². The molecule has 1 rings (SSSR count). The molecule has 15 heavy (non-hydrogen) atoms. The summed E-state index contributed by atoms with van der Waals surface area (Å²) in [6.07, 6.45) is 4.16. The molecule has 0 radical (unpaired) electrons. The van der Waals surface area contributed by atoms with E-state index in [1.165, 1.54) is 19.3 Å². The molecule has 1 aliphatic rings. The third kappa shape index (κ3) is 3.99. The Morgan fingerprint density at radius 2 is 1.87 bits per heavy atom. The smallest absolute Gasteiger partial charge is 0.0206 e. The van der Waals surface area contributed by atoms with E-state index in [1.807, 2.05) is 0 Å². The van der Waals surface area contributed by atoms with Gasteiger partial charge in [0.25, 0.3) is 0 Å². The fraction of sp³-hybridized carbons (Fsp3) is 1.00. The van der Waals surface area contributed by atoms with Gasteiger partial charge >= 0.3 is 0 Å². The van der Waals surface area contributed by atoms with E-state index in [2.05, 4.69) is 51.8 Å². The second-order valence-corrected chi connectivity index (χ2v) is 7.06. The van der Waals surface area contributed by atoms with E-state index < -0.39 is 0 Å². The van der Waals surface area contributed by atoms with Gasteiger partial charge in [-0.1, -0.05) is 27.7 Å². The summed E-state index contributed by atoms with van der Waals surface area (Å²) in [6, 6.07) is 0.743. The zero-order chi connectivity index (χ0) is 11.4. The Morgan fingerprint density at radius 1 is 1.20 bits per heavy atom. The van der Waals surface area contributed by atoms with Crippen molar-refractivity contribution in [1.29, 1.82) is 0 Å². The number of rotatable bonds is 4. The fourth-order valence-electron chi connectivity index (χ4n) is 2.24. The predicted octanol–water partition coefficient (Wildman–Crippen LogP) is 3.54. The third-order valence-corrected chi connectivity index (χ3v) is 5.60. The van der Waals surface area contributed by atoms with Crippen molar-refractivity contribution in [2.24, 2.45) is 11.8 Å². The van der Waals surface area contributed by atoms with Gasteiger partial charge in [-0.15, -0.1) is 0 Å². The first-order valence-electron chi connectivity index (χ1n) is 6.37. The Morgan fingerprint density at radius 3 is 2.40 bits per heavy atom. The lowest BCUT2D eigenvalue weighted by Gasteiger charge is -2.36. The van der Waals surface area contributed by atoms with Crippen LogP contribution in [0.3, 0.4) is 0 Å². The van der Waals surface area contributed by atoms with E-state index in [9.17, 15) is 0 Å². The van der Waals surface area contributed by atoms with Gasteiger partial charge in [-0.05, 0) is 38.1 Å². The monoisotopic (exact) mass is 229 g/mol. The van der Waals surface area contributed by atoms with Crippen molar-refractivity contribution in [3.8, 4) is 0 Å². The lowest BCUT2D eigenvalue weighted by Crippen LogP contribution is -2.41. The molecular formula is C13H27NS. The van der Waals surface area contributed by atoms with Crippen LogP contribution in [0.4, 0.5) is 0 Å². The summed E-state index contributed by atoms with van der Waals surface area (Å²) in [7, 11) is 2.12. The number of hydrogen-bond donors (Lipinski definition) is 1. The van der Waals surface area contributed by atoms with Crippen molar-refractivity contribution in [3.63, 3.8) is 0 Å². The van der Waals surface area contributed by atoms with E-state index in [0.29, 0.717) is 0 Å². The maximum absolute atomic E-state index is 3.50. The Labute approximate surface area is 99.8 Å². The third-order valence-electron chi connectivity index (χ3n) is 3.75. The molecule has 0 bridgehead atoms. The van der Waals surface area contributed by atoms with Crippen molar-refractivity contribution in [2.45, 2.75) is 63.5 Å². The Balaban J connectivity index is 2.48. The standard InChI is InChI=1S/C13H27NS/c1-9(2)11(4)15-13-8-10(3)6-7-12(13)14-5/h9-14H,6-8H2,1-5H3. The van der Waals surface area contributed by atoms with Crippen molar-refractivity contribution in [1.82, 2.24) is 5.32 Å². The van der Waals surface area contributed by atoms with E-state index >= 15 is 0 Å². The Hall–Kier alpha value is 0.310. The first kappa shape index (κ1) is 13.4. The summed E-state index contributed by atoms with van der Waals surface area (Å²) >= 11 is 2.20. The number of nitrogens with one attached hydrogen (secondary N) is 1. The molecule has 1 saturated carbocycles. The molecule has 0 saturated heterocycles. The summed E-state index contributed by atoms with van der Waals surface area (Å²) < 4.78 is 0. The lowest BCUT2D eigenvalue weighted by atomic mass is 9.87. The van der Waals surface area contributed by atoms with Gasteiger partial charge in [0, 0.05) is 16.5 Å². The molecule has 0 aromatic carbocycles. The highest BCUT2D eigenvalue weighted by Crippen LogP contribution is 2.36. The lowest BCUT2D eigenvalue weighted by molar-refractivity contribution is 0.328. The molecule has 1 aliphatic carbocycles. The van der Waals surface area contributed by atoms with Gasteiger partial charge in [-0.3, -0.25) is 0 Å². The molecule has 4 unspecified atom stereocenters. The average molecular weight is 229 g/mol. The summed E-state index contributed by atoms with van der Waals surface area (Å²) in [4.78, 5) is 0. The van der Waals surface area contributed by atoms with Crippen LogP contribution in [0.5, 0.6) is 0 Å². The van der Waals surface area contributed by atoms with E-state index in [1.54, 1.807) is 0 Å². The molecular weight excluding hydrogens is 202 g/mol. The highest BCUT2D eigenvalue weighted by atomic mass is 32.2. The highest BCUT2D eigenvalue weighted by molar-refractivity contribution is 8.00. The topological polar surface area (TPSA) is 12.0 Å². The first-order chi connectivity index (χ1) is 7.04. The van der Waals surface area contributed by atoms with Gasteiger partial charge in [0.2, 0.25) is 0 Å². The zero-order valence-corrected chi connectivity index (χ0v) is 11.7. The van der Waals surface area contributed by atoms with Gasteiger partial charge in [0.15, 0.2) is 0 Å². The van der Waals surface area contributed by atoms with Gasteiger partial charge in [0.1, 0.15) is 0 Å². The van der Waals surface area contributed by atoms with Crippen LogP contribution in [-0.4, -0.2) is 23.6 Å². The van der Waals surface area contributed by atoms with Crippen LogP contribution >= 0.6 is 11.8 Å². The molecule has 0 heterocycles. The predicted molar refractivity (Wildman–Crippen MR) is 71.5 cm³/mol. The molecule has 0 amide bonds.